The molecule has 1 rings (SSSR count). The maximum Gasteiger partial charge on any atom is 0.441 e. The number of carbonyl (C=O) groups excluding carboxylic acids is 1. The molecule has 0 saturated carbocycles. The zero-order valence-electron chi connectivity index (χ0n) is 9.63. The van der Waals surface area contributed by atoms with Crippen LogP contribution in [0.3, 0.4) is 0 Å². The third-order valence-electron chi connectivity index (χ3n) is 2.57. The van der Waals surface area contributed by atoms with Gasteiger partial charge in [-0.15, -0.1) is 0 Å². The molecule has 1 aliphatic rings. The Morgan fingerprint density at radius 2 is 2.24 bits per heavy atom. The number of alkyl halides is 3. The first-order chi connectivity index (χ1) is 7.94. The Morgan fingerprint density at radius 3 is 2.82 bits per heavy atom. The number of hydrogen-bond donors (Lipinski definition) is 0. The van der Waals surface area contributed by atoms with Crippen LogP contribution >= 0.6 is 11.8 Å². The Hall–Kier alpha value is -0.430. The number of carbonyl (C=O) groups is 1. The number of thioether (sulfide) groups is 1. The summed E-state index contributed by atoms with van der Waals surface area (Å²) in [6.07, 6.45) is 1.51. The topological polar surface area (TPSA) is 29.5 Å². The summed E-state index contributed by atoms with van der Waals surface area (Å²) in [5, 5.41) is 0. The summed E-state index contributed by atoms with van der Waals surface area (Å²) < 4.78 is 40.8. The highest BCUT2D eigenvalue weighted by Gasteiger charge is 2.33. The smallest absolute Gasteiger partial charge is 0.441 e. The fourth-order valence-electron chi connectivity index (χ4n) is 1.88. The van der Waals surface area contributed by atoms with Crippen LogP contribution in [0.1, 0.15) is 19.8 Å². The highest BCUT2D eigenvalue weighted by atomic mass is 32.2. The van der Waals surface area contributed by atoms with E-state index in [1.807, 2.05) is 0 Å². The molecule has 17 heavy (non-hydrogen) atoms. The second kappa shape index (κ2) is 6.49. The molecule has 0 aromatic heterocycles. The van der Waals surface area contributed by atoms with Gasteiger partial charge in [-0.25, -0.2) is 0 Å². The second-order valence-corrected chi connectivity index (χ2v) is 4.90. The second-order valence-electron chi connectivity index (χ2n) is 3.74. The van der Waals surface area contributed by atoms with Gasteiger partial charge in [-0.05, 0) is 38.1 Å². The molecule has 0 spiro atoms. The van der Waals surface area contributed by atoms with E-state index in [4.69, 9.17) is 4.74 Å². The van der Waals surface area contributed by atoms with E-state index in [9.17, 15) is 18.0 Å². The van der Waals surface area contributed by atoms with Crippen LogP contribution in [0.4, 0.5) is 13.2 Å². The highest BCUT2D eigenvalue weighted by Crippen LogP contribution is 2.30. The highest BCUT2D eigenvalue weighted by molar-refractivity contribution is 8.00. The molecule has 1 aliphatic heterocycles. The summed E-state index contributed by atoms with van der Waals surface area (Å²) in [4.78, 5) is 13.3. The maximum absolute atomic E-state index is 12.0. The molecule has 3 nitrogen and oxygen atoms in total. The fourth-order valence-corrected chi connectivity index (χ4v) is 2.44. The van der Waals surface area contributed by atoms with Gasteiger partial charge in [0.2, 0.25) is 0 Å². The lowest BCUT2D eigenvalue weighted by molar-refractivity contribution is -0.148. The van der Waals surface area contributed by atoms with E-state index in [2.05, 4.69) is 0 Å². The number of likely N-dealkylation sites (tertiary alicyclic amines) is 1. The van der Waals surface area contributed by atoms with E-state index < -0.39 is 5.51 Å². The van der Waals surface area contributed by atoms with Crippen molar-refractivity contribution in [2.24, 2.45) is 0 Å². The third kappa shape index (κ3) is 5.16. The SMILES string of the molecule is CCOC(=O)C1CCCN1CCSC(F)(F)F. The zero-order valence-corrected chi connectivity index (χ0v) is 10.4. The largest absolute Gasteiger partial charge is 0.465 e. The van der Waals surface area contributed by atoms with Crippen LogP contribution in [0.25, 0.3) is 0 Å². The number of rotatable bonds is 5. The molecule has 1 fully saturated rings. The summed E-state index contributed by atoms with van der Waals surface area (Å²) in [5.74, 6) is -0.360. The molecule has 0 amide bonds. The lowest BCUT2D eigenvalue weighted by Crippen LogP contribution is -2.38. The normalized spacial score (nSPS) is 21.8. The summed E-state index contributed by atoms with van der Waals surface area (Å²) in [6.45, 7) is 2.97. The molecule has 0 N–H and O–H groups in total. The van der Waals surface area contributed by atoms with Crippen molar-refractivity contribution in [3.05, 3.63) is 0 Å². The molecule has 1 atom stereocenters. The van der Waals surface area contributed by atoms with Crippen LogP contribution in [0.5, 0.6) is 0 Å². The van der Waals surface area contributed by atoms with Crippen molar-refractivity contribution in [2.75, 3.05) is 25.4 Å². The third-order valence-corrected chi connectivity index (χ3v) is 3.28. The number of esters is 1. The van der Waals surface area contributed by atoms with Crippen LogP contribution in [0, 0.1) is 0 Å². The van der Waals surface area contributed by atoms with Gasteiger partial charge >= 0.3 is 11.5 Å². The predicted octanol–water partition coefficient (Wildman–Crippen LogP) is 2.27. The minimum absolute atomic E-state index is 0.0423. The minimum Gasteiger partial charge on any atom is -0.465 e. The van der Waals surface area contributed by atoms with Gasteiger partial charge in [0.05, 0.1) is 6.61 Å². The molecule has 1 saturated heterocycles. The number of hydrogen-bond acceptors (Lipinski definition) is 4. The van der Waals surface area contributed by atoms with Crippen LogP contribution < -0.4 is 0 Å². The van der Waals surface area contributed by atoms with Gasteiger partial charge in [-0.3, -0.25) is 9.69 Å². The Balaban J connectivity index is 2.34. The van der Waals surface area contributed by atoms with E-state index in [-0.39, 0.29) is 36.1 Å². The summed E-state index contributed by atoms with van der Waals surface area (Å²) >= 11 is -0.0463. The lowest BCUT2D eigenvalue weighted by atomic mass is 10.2. The molecule has 100 valence electrons. The van der Waals surface area contributed by atoms with Gasteiger partial charge in [0.25, 0.3) is 0 Å². The van der Waals surface area contributed by atoms with E-state index >= 15 is 0 Å². The lowest BCUT2D eigenvalue weighted by Gasteiger charge is -2.22. The summed E-state index contributed by atoms with van der Waals surface area (Å²) in [5.41, 5.74) is -4.20. The molecule has 0 radical (unpaired) electrons. The molecule has 1 heterocycles. The number of nitrogens with zero attached hydrogens (tertiary/aromatic N) is 1. The zero-order chi connectivity index (χ0) is 12.9. The summed E-state index contributed by atoms with van der Waals surface area (Å²) in [7, 11) is 0. The van der Waals surface area contributed by atoms with Crippen LogP contribution in [0.2, 0.25) is 0 Å². The molecular weight excluding hydrogens is 255 g/mol. The van der Waals surface area contributed by atoms with Crippen molar-refractivity contribution < 1.29 is 22.7 Å². The first-order valence-electron chi connectivity index (χ1n) is 5.55. The van der Waals surface area contributed by atoms with Crippen molar-refractivity contribution in [3.63, 3.8) is 0 Å². The monoisotopic (exact) mass is 271 g/mol. The van der Waals surface area contributed by atoms with Crippen LogP contribution in [-0.2, 0) is 9.53 Å². The van der Waals surface area contributed by atoms with Gasteiger partial charge in [0.15, 0.2) is 0 Å². The quantitative estimate of drug-likeness (QED) is 0.717. The van der Waals surface area contributed by atoms with Crippen LogP contribution in [0.15, 0.2) is 0 Å². The van der Waals surface area contributed by atoms with Crippen molar-refractivity contribution in [1.29, 1.82) is 0 Å². The summed E-state index contributed by atoms with van der Waals surface area (Å²) in [6, 6.07) is -0.358. The molecular formula is C10H16F3NO2S. The van der Waals surface area contributed by atoms with Gasteiger partial charge in [-0.2, -0.15) is 13.2 Å². The Bertz CT molecular complexity index is 260. The van der Waals surface area contributed by atoms with Crippen molar-refractivity contribution in [2.45, 2.75) is 31.3 Å². The molecule has 0 aromatic rings. The predicted molar refractivity (Wildman–Crippen MR) is 59.7 cm³/mol. The van der Waals surface area contributed by atoms with Gasteiger partial charge in [0.1, 0.15) is 6.04 Å². The van der Waals surface area contributed by atoms with Gasteiger partial charge in [-0.1, -0.05) is 0 Å². The number of halogens is 3. The molecule has 7 heteroatoms. The molecule has 0 bridgehead atoms. The Morgan fingerprint density at radius 1 is 1.53 bits per heavy atom. The number of ether oxygens (including phenoxy) is 1. The van der Waals surface area contributed by atoms with Gasteiger partial charge in [0, 0.05) is 12.3 Å². The average Bonchev–Trinajstić information content (AvgIpc) is 2.64. The van der Waals surface area contributed by atoms with E-state index in [1.54, 1.807) is 11.8 Å². The fraction of sp³-hybridized carbons (Fsp3) is 0.900. The van der Waals surface area contributed by atoms with E-state index in [0.717, 1.165) is 6.42 Å². The van der Waals surface area contributed by atoms with Gasteiger partial charge < -0.3 is 4.74 Å². The first kappa shape index (κ1) is 14.6. The molecule has 0 aromatic carbocycles. The standard InChI is InChI=1S/C10H16F3NO2S/c1-2-16-9(15)8-4-3-5-14(8)6-7-17-10(11,12)13/h8H,2-7H2,1H3. The Labute approximate surface area is 103 Å². The minimum atomic E-state index is -4.20. The maximum atomic E-state index is 12.0. The average molecular weight is 271 g/mol. The van der Waals surface area contributed by atoms with Crippen molar-refractivity contribution >= 4 is 17.7 Å². The van der Waals surface area contributed by atoms with E-state index in [0.29, 0.717) is 19.6 Å². The Kier molecular flexibility index (Phi) is 5.58. The van der Waals surface area contributed by atoms with Crippen molar-refractivity contribution in [3.8, 4) is 0 Å². The van der Waals surface area contributed by atoms with Crippen molar-refractivity contribution in [1.82, 2.24) is 4.90 Å². The molecule has 0 aliphatic carbocycles. The molecule has 1 unspecified atom stereocenters. The van der Waals surface area contributed by atoms with Crippen LogP contribution in [-0.4, -0.2) is 47.9 Å². The van der Waals surface area contributed by atoms with E-state index in [1.165, 1.54) is 0 Å². The first-order valence-corrected chi connectivity index (χ1v) is 6.54.